The number of ether oxygens (including phenoxy) is 13. The first kappa shape index (κ1) is 66.6. The molecule has 7 heterocycles. The van der Waals surface area contributed by atoms with Crippen LogP contribution < -0.4 is 5.32 Å². The lowest BCUT2D eigenvalue weighted by atomic mass is 9.95. The van der Waals surface area contributed by atoms with Crippen molar-refractivity contribution in [3.05, 3.63) is 0 Å². The minimum absolute atomic E-state index is 0.796. The normalized spacial score (nSPS) is 51.9. The van der Waals surface area contributed by atoms with Gasteiger partial charge >= 0.3 is 0 Å². The van der Waals surface area contributed by atoms with Crippen LogP contribution in [-0.2, 0) is 66.4 Å². The van der Waals surface area contributed by atoms with Crippen molar-refractivity contribution in [2.24, 2.45) is 0 Å². The van der Waals surface area contributed by atoms with E-state index in [4.69, 9.17) is 61.6 Å². The topological polar surface area (TPSA) is 594 Å². The number of rotatable bonds is 20. The Morgan fingerprint density at radius 1 is 0.321 bits per heavy atom. The molecule has 81 heavy (non-hydrogen) atoms. The largest absolute Gasteiger partial charge is 0.394 e. The zero-order valence-electron chi connectivity index (χ0n) is 42.7. The van der Waals surface area contributed by atoms with Crippen LogP contribution in [0.2, 0.25) is 0 Å². The maximum absolute atomic E-state index is 12.1. The molecule has 0 aromatic heterocycles. The molecule has 0 aromatic carbocycles. The first-order valence-corrected chi connectivity index (χ1v) is 25.6. The Bertz CT molecular complexity index is 1940. The number of carbonyl (C=O) groups excluding carboxylic acids is 1. The van der Waals surface area contributed by atoms with E-state index in [1.165, 1.54) is 0 Å². The highest BCUT2D eigenvalue weighted by Crippen LogP contribution is 2.37. The Morgan fingerprint density at radius 2 is 0.642 bits per heavy atom. The molecule has 23 N–H and O–H groups in total. The summed E-state index contributed by atoms with van der Waals surface area (Å²) in [5, 5.41) is 238. The van der Waals surface area contributed by atoms with Gasteiger partial charge in [-0.1, -0.05) is 0 Å². The van der Waals surface area contributed by atoms with E-state index in [9.17, 15) is 117 Å². The molecule has 7 fully saturated rings. The molecule has 7 saturated heterocycles. The highest BCUT2D eigenvalue weighted by Gasteiger charge is 2.58. The number of hydrogen-bond acceptors (Lipinski definition) is 36. The molecule has 1 unspecified atom stereocenters. The van der Waals surface area contributed by atoms with E-state index < -0.39 is 267 Å². The van der Waals surface area contributed by atoms with E-state index >= 15 is 0 Å². The lowest BCUT2D eigenvalue weighted by molar-refractivity contribution is -0.397. The number of aliphatic hydroxyl groups is 22. The summed E-state index contributed by atoms with van der Waals surface area (Å²) in [6.45, 7) is -5.85. The molecule has 7 aliphatic rings. The molecule has 37 heteroatoms. The zero-order valence-corrected chi connectivity index (χ0v) is 42.7. The third-order valence-electron chi connectivity index (χ3n) is 14.9. The molecule has 0 aromatic rings. The van der Waals surface area contributed by atoms with E-state index in [0.29, 0.717) is 0 Å². The van der Waals surface area contributed by atoms with Crippen LogP contribution in [-0.4, -0.2) is 379 Å². The van der Waals surface area contributed by atoms with Gasteiger partial charge in [0.2, 0.25) is 5.91 Å². The molecule has 0 bridgehead atoms. The van der Waals surface area contributed by atoms with Gasteiger partial charge in [-0.15, -0.1) is 0 Å². The molecule has 37 nitrogen and oxygen atoms in total. The lowest BCUT2D eigenvalue weighted by Crippen LogP contribution is -2.69. The zero-order chi connectivity index (χ0) is 59.6. The predicted molar refractivity (Wildman–Crippen MR) is 243 cm³/mol. The van der Waals surface area contributed by atoms with E-state index in [-0.39, 0.29) is 0 Å². The van der Waals surface area contributed by atoms with Crippen molar-refractivity contribution < 1.29 is 179 Å². The second kappa shape index (κ2) is 28.7. The van der Waals surface area contributed by atoms with Gasteiger partial charge in [0.25, 0.3) is 0 Å². The van der Waals surface area contributed by atoms with Gasteiger partial charge in [0, 0.05) is 6.92 Å². The SMILES string of the molecule is CC(=O)N[C@H]1C(O)O[C@H](CO)[C@@H](O[C@@H]2O[C@H](CO[C@H]3O[C@H](CO[C@H]4O[C@H](CO)[C@@H](O)[C@H](O)[C@@H]4O)[C@@H](O)[C@H](O[C@H]4O[C@H](CO)[C@@H](O)[C@H](O)[C@@H]4O)[C@@H]3O)[C@@H](O)[C@H](O[C@H]3O[C@H](CO)[C@@H](O)[C@H](O)[C@@H]3O[C@H]3O[C@H](CO)[C@@H](O)[C@H](O)[C@@H]3O)[C@@H]2O)[C@@H]1O. The molecular formula is C44H75NO36. The summed E-state index contributed by atoms with van der Waals surface area (Å²) in [4.78, 5) is 12.1. The Kier molecular flexibility index (Phi) is 23.6. The highest BCUT2D eigenvalue weighted by atomic mass is 16.8. The number of aliphatic hydroxyl groups excluding tert-OH is 22. The van der Waals surface area contributed by atoms with Crippen LogP contribution in [0.4, 0.5) is 0 Å². The van der Waals surface area contributed by atoms with Crippen LogP contribution in [0.15, 0.2) is 0 Å². The lowest BCUT2D eigenvalue weighted by Gasteiger charge is -2.50. The van der Waals surface area contributed by atoms with Gasteiger partial charge in [-0.05, 0) is 0 Å². The maximum atomic E-state index is 12.1. The molecule has 0 spiro atoms. The van der Waals surface area contributed by atoms with Gasteiger partial charge in [-0.2, -0.15) is 0 Å². The van der Waals surface area contributed by atoms with Crippen LogP contribution in [0.25, 0.3) is 0 Å². The average Bonchev–Trinajstić information content (AvgIpc) is 3.48. The Morgan fingerprint density at radius 3 is 1.09 bits per heavy atom. The molecule has 7 aliphatic heterocycles. The molecule has 472 valence electrons. The monoisotopic (exact) mass is 1190 g/mol. The van der Waals surface area contributed by atoms with Crippen LogP contribution >= 0.6 is 0 Å². The quantitative estimate of drug-likeness (QED) is 0.0538. The van der Waals surface area contributed by atoms with Gasteiger partial charge in [0.1, 0.15) is 171 Å². The summed E-state index contributed by atoms with van der Waals surface area (Å²) in [6, 6.07) is -1.68. The van der Waals surface area contributed by atoms with Crippen molar-refractivity contribution in [2.75, 3.05) is 46.2 Å². The van der Waals surface area contributed by atoms with E-state index in [2.05, 4.69) is 5.32 Å². The molecule has 7 rings (SSSR count). The number of amides is 1. The number of carbonyl (C=O) groups is 1. The Labute approximate surface area is 457 Å². The molecule has 0 radical (unpaired) electrons. The molecular weight excluding hydrogens is 1120 g/mol. The van der Waals surface area contributed by atoms with Crippen LogP contribution in [0, 0.1) is 0 Å². The number of hydrogen-bond donors (Lipinski definition) is 23. The summed E-state index contributed by atoms with van der Waals surface area (Å²) < 4.78 is 73.9. The minimum atomic E-state index is -2.37. The van der Waals surface area contributed by atoms with Gasteiger partial charge in [0.15, 0.2) is 44.0 Å². The summed E-state index contributed by atoms with van der Waals surface area (Å²) in [5.41, 5.74) is 0. The summed E-state index contributed by atoms with van der Waals surface area (Å²) in [5.74, 6) is -0.796. The van der Waals surface area contributed by atoms with Crippen LogP contribution in [0.5, 0.6) is 0 Å². The van der Waals surface area contributed by atoms with Crippen molar-refractivity contribution in [3.63, 3.8) is 0 Å². The average molecular weight is 1190 g/mol. The van der Waals surface area contributed by atoms with Crippen LogP contribution in [0.1, 0.15) is 6.92 Å². The fourth-order valence-electron chi connectivity index (χ4n) is 10.2. The van der Waals surface area contributed by atoms with Crippen LogP contribution in [0.3, 0.4) is 0 Å². The standard InChI is InChI=1S/C44H75NO36/c1-9(51)45-17-24(58)34(14(6-50)71-38(17)68)78-43-33(67)36(80-44-37(28(62)21(55)13(5-49)75-44)81-42-31(65)27(61)20(54)12(4-48)74-42)23(57)16(77-43)8-70-40-32(66)35(79-41-30(64)26(60)19(53)11(3-47)73-41)22(56)15(76-40)7-69-39-29(63)25(59)18(52)10(2-46)72-39/h10-44,46-50,52-68H,2-8H2,1H3,(H,45,51)/t10-,11-,12-,13-,14-,15-,16-,17-,18-,19-,20-,21-,22-,23-,24-,25+,26+,27+,28+,29+,30+,31+,32+,33+,34-,35+,36+,37+,38?,39+,40+,41-,42-,43+,44-/m1/s1. The van der Waals surface area contributed by atoms with Gasteiger partial charge < -0.3 is 179 Å². The second-order valence-corrected chi connectivity index (χ2v) is 20.4. The second-order valence-electron chi connectivity index (χ2n) is 20.4. The van der Waals surface area contributed by atoms with E-state index in [1.807, 2.05) is 0 Å². The van der Waals surface area contributed by atoms with E-state index in [0.717, 1.165) is 6.92 Å². The third-order valence-corrected chi connectivity index (χ3v) is 14.9. The van der Waals surface area contributed by atoms with Crippen molar-refractivity contribution in [1.29, 1.82) is 0 Å². The first-order chi connectivity index (χ1) is 38.3. The first-order valence-electron chi connectivity index (χ1n) is 25.6. The molecule has 0 saturated carbocycles. The molecule has 35 atom stereocenters. The third kappa shape index (κ3) is 14.2. The van der Waals surface area contributed by atoms with Crippen molar-refractivity contribution in [1.82, 2.24) is 5.32 Å². The Hall–Kier alpha value is -1.93. The van der Waals surface area contributed by atoms with Crippen molar-refractivity contribution >= 4 is 5.91 Å². The highest BCUT2D eigenvalue weighted by molar-refractivity contribution is 5.73. The van der Waals surface area contributed by atoms with Gasteiger partial charge in [-0.3, -0.25) is 4.79 Å². The summed E-state index contributed by atoms with van der Waals surface area (Å²) in [7, 11) is 0. The van der Waals surface area contributed by atoms with Gasteiger partial charge in [0.05, 0.1) is 46.2 Å². The molecule has 1 amide bonds. The van der Waals surface area contributed by atoms with Gasteiger partial charge in [-0.25, -0.2) is 0 Å². The minimum Gasteiger partial charge on any atom is -0.394 e. The fraction of sp³-hybridized carbons (Fsp3) is 0.977. The predicted octanol–water partition coefficient (Wildman–Crippen LogP) is -16.1. The van der Waals surface area contributed by atoms with Crippen molar-refractivity contribution in [2.45, 2.75) is 222 Å². The Balaban J connectivity index is 1.20. The summed E-state index contributed by atoms with van der Waals surface area (Å²) in [6.07, 6.45) is -68.1. The van der Waals surface area contributed by atoms with Crippen molar-refractivity contribution in [3.8, 4) is 0 Å². The smallest absolute Gasteiger partial charge is 0.217 e. The van der Waals surface area contributed by atoms with E-state index in [1.54, 1.807) is 0 Å². The summed E-state index contributed by atoms with van der Waals surface area (Å²) >= 11 is 0. The molecule has 0 aliphatic carbocycles. The number of nitrogens with one attached hydrogen (secondary N) is 1. The maximum Gasteiger partial charge on any atom is 0.217 e. The fourth-order valence-corrected chi connectivity index (χ4v) is 10.2.